The zero-order valence-electron chi connectivity index (χ0n) is 11.8. The van der Waals surface area contributed by atoms with E-state index in [0.717, 1.165) is 19.5 Å². The molecule has 1 aromatic rings. The topological polar surface area (TPSA) is 29.3 Å². The first-order valence-electron chi connectivity index (χ1n) is 7.18. The molecule has 2 heteroatoms. The monoisotopic (exact) mass is 246 g/mol. The summed E-state index contributed by atoms with van der Waals surface area (Å²) in [6, 6.07) is 9.14. The predicted molar refractivity (Wildman–Crippen MR) is 77.9 cm³/mol. The van der Waals surface area contributed by atoms with E-state index in [9.17, 15) is 0 Å². The van der Waals surface area contributed by atoms with Crippen molar-refractivity contribution < 1.29 is 0 Å². The Labute approximate surface area is 111 Å². The minimum atomic E-state index is 0.205. The zero-order valence-corrected chi connectivity index (χ0v) is 11.8. The summed E-state index contributed by atoms with van der Waals surface area (Å²) in [5, 5.41) is 0. The van der Waals surface area contributed by atoms with Crippen LogP contribution in [0.3, 0.4) is 0 Å². The highest BCUT2D eigenvalue weighted by molar-refractivity contribution is 5.30. The Morgan fingerprint density at radius 3 is 2.50 bits per heavy atom. The Hall–Kier alpha value is -0.860. The third kappa shape index (κ3) is 2.76. The number of hydrogen-bond donors (Lipinski definition) is 1. The van der Waals surface area contributed by atoms with Crippen LogP contribution in [0.4, 0.5) is 0 Å². The van der Waals surface area contributed by atoms with Gasteiger partial charge in [-0.05, 0) is 56.9 Å². The highest BCUT2D eigenvalue weighted by atomic mass is 15.1. The predicted octanol–water partition coefficient (Wildman–Crippen LogP) is 2.56. The van der Waals surface area contributed by atoms with Gasteiger partial charge in [-0.2, -0.15) is 0 Å². The molecule has 100 valence electrons. The van der Waals surface area contributed by atoms with Crippen LogP contribution in [0.15, 0.2) is 24.3 Å². The maximum atomic E-state index is 6.14. The molecule has 0 bridgehead atoms. The van der Waals surface area contributed by atoms with Gasteiger partial charge in [-0.15, -0.1) is 0 Å². The second-order valence-corrected chi connectivity index (χ2v) is 5.69. The zero-order chi connectivity index (χ0) is 13.0. The van der Waals surface area contributed by atoms with Crippen molar-refractivity contribution in [1.82, 2.24) is 4.90 Å². The molecule has 1 aliphatic heterocycles. The van der Waals surface area contributed by atoms with Gasteiger partial charge < -0.3 is 10.6 Å². The number of nitrogens with two attached hydrogens (primary N) is 1. The number of likely N-dealkylation sites (tertiary alicyclic amines) is 1. The molecule has 1 aromatic carbocycles. The molecule has 0 spiro atoms. The van der Waals surface area contributed by atoms with Gasteiger partial charge in [-0.3, -0.25) is 0 Å². The van der Waals surface area contributed by atoms with Crippen LogP contribution in [0.1, 0.15) is 37.3 Å². The summed E-state index contributed by atoms with van der Waals surface area (Å²) >= 11 is 0. The van der Waals surface area contributed by atoms with Crippen molar-refractivity contribution in [1.29, 1.82) is 0 Å². The van der Waals surface area contributed by atoms with E-state index in [1.54, 1.807) is 0 Å². The Balaban J connectivity index is 2.24. The molecular formula is C16H26N2. The fourth-order valence-corrected chi connectivity index (χ4v) is 3.03. The smallest absolute Gasteiger partial charge is 0.00881 e. The van der Waals surface area contributed by atoms with Crippen LogP contribution in [-0.4, -0.2) is 31.6 Å². The van der Waals surface area contributed by atoms with E-state index in [0.29, 0.717) is 0 Å². The Bertz CT molecular complexity index is 371. The van der Waals surface area contributed by atoms with Crippen molar-refractivity contribution in [3.63, 3.8) is 0 Å². The van der Waals surface area contributed by atoms with Gasteiger partial charge >= 0.3 is 0 Å². The summed E-state index contributed by atoms with van der Waals surface area (Å²) in [5.74, 6) is 0. The van der Waals surface area contributed by atoms with Crippen molar-refractivity contribution >= 4 is 0 Å². The number of aryl methyl sites for hydroxylation is 1. The summed E-state index contributed by atoms with van der Waals surface area (Å²) in [4.78, 5) is 2.43. The average Bonchev–Trinajstić information content (AvgIpc) is 2.62. The van der Waals surface area contributed by atoms with E-state index < -0.39 is 0 Å². The van der Waals surface area contributed by atoms with Gasteiger partial charge in [0.2, 0.25) is 0 Å². The first-order chi connectivity index (χ1) is 8.70. The number of rotatable bonds is 3. The molecule has 0 aliphatic carbocycles. The summed E-state index contributed by atoms with van der Waals surface area (Å²) in [5.41, 5.74) is 9.20. The summed E-state index contributed by atoms with van der Waals surface area (Å²) in [6.45, 7) is 5.34. The van der Waals surface area contributed by atoms with Gasteiger partial charge in [0.05, 0.1) is 0 Å². The van der Waals surface area contributed by atoms with E-state index in [1.807, 2.05) is 0 Å². The van der Waals surface area contributed by atoms with E-state index >= 15 is 0 Å². The molecule has 1 fully saturated rings. The first-order valence-corrected chi connectivity index (χ1v) is 7.18. The van der Waals surface area contributed by atoms with Gasteiger partial charge in [0, 0.05) is 12.0 Å². The highest BCUT2D eigenvalue weighted by Gasteiger charge is 2.32. The first kappa shape index (κ1) is 13.6. The van der Waals surface area contributed by atoms with Gasteiger partial charge in [0.1, 0.15) is 0 Å². The van der Waals surface area contributed by atoms with Crippen molar-refractivity contribution in [2.24, 2.45) is 5.73 Å². The van der Waals surface area contributed by atoms with Crippen LogP contribution in [0.5, 0.6) is 0 Å². The van der Waals surface area contributed by atoms with Crippen molar-refractivity contribution in [2.75, 3.05) is 26.7 Å². The quantitative estimate of drug-likeness (QED) is 0.888. The minimum Gasteiger partial charge on any atom is -0.330 e. The maximum Gasteiger partial charge on any atom is 0.00881 e. The second kappa shape index (κ2) is 5.85. The van der Waals surface area contributed by atoms with Gasteiger partial charge in [0.25, 0.3) is 0 Å². The lowest BCUT2D eigenvalue weighted by molar-refractivity contribution is 0.329. The summed E-state index contributed by atoms with van der Waals surface area (Å²) < 4.78 is 0. The average molecular weight is 246 g/mol. The normalized spacial score (nSPS) is 25.9. The molecule has 1 heterocycles. The number of benzene rings is 1. The molecule has 1 saturated heterocycles. The fraction of sp³-hybridized carbons (Fsp3) is 0.625. The van der Waals surface area contributed by atoms with Crippen LogP contribution in [0, 0.1) is 0 Å². The molecule has 0 radical (unpaired) electrons. The molecule has 0 aromatic heterocycles. The largest absolute Gasteiger partial charge is 0.330 e. The molecule has 0 saturated carbocycles. The van der Waals surface area contributed by atoms with Crippen molar-refractivity contribution in [3.8, 4) is 0 Å². The van der Waals surface area contributed by atoms with Crippen molar-refractivity contribution in [2.45, 2.75) is 38.0 Å². The fourth-order valence-electron chi connectivity index (χ4n) is 3.03. The second-order valence-electron chi connectivity index (χ2n) is 5.69. The molecule has 1 unspecified atom stereocenters. The van der Waals surface area contributed by atoms with E-state index in [2.05, 4.69) is 43.1 Å². The van der Waals surface area contributed by atoms with E-state index in [1.165, 1.54) is 36.9 Å². The third-order valence-electron chi connectivity index (χ3n) is 4.53. The van der Waals surface area contributed by atoms with Gasteiger partial charge in [-0.1, -0.05) is 31.2 Å². The van der Waals surface area contributed by atoms with Gasteiger partial charge in [-0.25, -0.2) is 0 Å². The molecule has 0 amide bonds. The Morgan fingerprint density at radius 2 is 1.89 bits per heavy atom. The molecule has 18 heavy (non-hydrogen) atoms. The minimum absolute atomic E-state index is 0.205. The maximum absolute atomic E-state index is 6.14. The lowest BCUT2D eigenvalue weighted by atomic mass is 9.74. The van der Waals surface area contributed by atoms with E-state index in [4.69, 9.17) is 5.73 Å². The standard InChI is InChI=1S/C16H26N2/c1-3-14-5-7-15(8-6-14)16(13-17)9-4-11-18(2)12-10-16/h5-8H,3-4,9-13,17H2,1-2H3. The molecule has 2 rings (SSSR count). The Morgan fingerprint density at radius 1 is 1.17 bits per heavy atom. The molecule has 1 atom stereocenters. The molecule has 1 aliphatic rings. The Kier molecular flexibility index (Phi) is 4.41. The lowest BCUT2D eigenvalue weighted by Crippen LogP contribution is -2.36. The number of nitrogens with zero attached hydrogens (tertiary/aromatic N) is 1. The summed E-state index contributed by atoms with van der Waals surface area (Å²) in [6.07, 6.45) is 4.77. The molecular weight excluding hydrogens is 220 g/mol. The van der Waals surface area contributed by atoms with Crippen LogP contribution < -0.4 is 5.73 Å². The van der Waals surface area contributed by atoms with Crippen LogP contribution in [0.25, 0.3) is 0 Å². The van der Waals surface area contributed by atoms with Gasteiger partial charge in [0.15, 0.2) is 0 Å². The highest BCUT2D eigenvalue weighted by Crippen LogP contribution is 2.34. The van der Waals surface area contributed by atoms with Crippen LogP contribution in [-0.2, 0) is 11.8 Å². The SMILES string of the molecule is CCc1ccc(C2(CN)CCCN(C)CC2)cc1. The van der Waals surface area contributed by atoms with Crippen molar-refractivity contribution in [3.05, 3.63) is 35.4 Å². The number of hydrogen-bond acceptors (Lipinski definition) is 2. The van der Waals surface area contributed by atoms with Crippen LogP contribution >= 0.6 is 0 Å². The molecule has 2 N–H and O–H groups in total. The van der Waals surface area contributed by atoms with E-state index in [-0.39, 0.29) is 5.41 Å². The van der Waals surface area contributed by atoms with Crippen LogP contribution in [0.2, 0.25) is 0 Å². The molecule has 2 nitrogen and oxygen atoms in total. The third-order valence-corrected chi connectivity index (χ3v) is 4.53. The lowest BCUT2D eigenvalue weighted by Gasteiger charge is -2.32. The summed E-state index contributed by atoms with van der Waals surface area (Å²) in [7, 11) is 2.22.